The first kappa shape index (κ1) is 27.5. The summed E-state index contributed by atoms with van der Waals surface area (Å²) in [5.41, 5.74) is 0.809. The van der Waals surface area contributed by atoms with Crippen LogP contribution in [0.3, 0.4) is 0 Å². The zero-order valence-corrected chi connectivity index (χ0v) is 22.1. The summed E-state index contributed by atoms with van der Waals surface area (Å²) < 4.78 is 11.1. The van der Waals surface area contributed by atoms with Crippen LogP contribution in [0.2, 0.25) is 0 Å². The molecular weight excluding hydrogens is 456 g/mol. The third-order valence-electron chi connectivity index (χ3n) is 6.55. The Bertz CT molecular complexity index is 1030. The number of hydrogen-bond acceptors (Lipinski definition) is 6. The van der Waals surface area contributed by atoms with Crippen molar-refractivity contribution >= 4 is 11.7 Å². The van der Waals surface area contributed by atoms with Gasteiger partial charge in [0.15, 0.2) is 11.5 Å². The maximum absolute atomic E-state index is 13.4. The van der Waals surface area contributed by atoms with E-state index in [1.807, 2.05) is 31.2 Å². The molecule has 1 atom stereocenters. The second-order valence-corrected chi connectivity index (χ2v) is 9.31. The number of ketones is 1. The van der Waals surface area contributed by atoms with Gasteiger partial charge in [0.25, 0.3) is 5.91 Å². The molecule has 2 aromatic rings. The second-order valence-electron chi connectivity index (χ2n) is 9.31. The summed E-state index contributed by atoms with van der Waals surface area (Å²) >= 11 is 0. The lowest BCUT2D eigenvalue weighted by Gasteiger charge is -2.28. The number of hydrogen-bond donors (Lipinski definition) is 1. The highest BCUT2D eigenvalue weighted by Crippen LogP contribution is 2.39. The van der Waals surface area contributed by atoms with Gasteiger partial charge in [0, 0.05) is 6.54 Å². The lowest BCUT2D eigenvalue weighted by molar-refractivity contribution is -0.129. The number of aliphatic hydroxyl groups is 1. The van der Waals surface area contributed by atoms with Crippen LogP contribution in [0.5, 0.6) is 5.75 Å². The molecule has 1 aliphatic heterocycles. The van der Waals surface area contributed by atoms with Gasteiger partial charge in [-0.15, -0.1) is 0 Å². The summed E-state index contributed by atoms with van der Waals surface area (Å²) in [6.45, 7) is 12.0. The SMILES string of the molecule is CCCCN(CCCC)CCCN1C(=O)C(O)=C(C(=O)c2ccc(C)o2)[C@H]1c1ccc(OCC)cc1. The van der Waals surface area contributed by atoms with Crippen LogP contribution in [-0.2, 0) is 4.79 Å². The first-order chi connectivity index (χ1) is 17.4. The highest BCUT2D eigenvalue weighted by molar-refractivity contribution is 6.15. The van der Waals surface area contributed by atoms with Crippen molar-refractivity contribution in [2.45, 2.75) is 65.8 Å². The summed E-state index contributed by atoms with van der Waals surface area (Å²) in [5.74, 6) is -0.0671. The van der Waals surface area contributed by atoms with E-state index in [0.717, 1.165) is 57.3 Å². The largest absolute Gasteiger partial charge is 0.503 e. The molecular formula is C29H40N2O5. The number of ether oxygens (including phenoxy) is 1. The van der Waals surface area contributed by atoms with Crippen molar-refractivity contribution in [1.82, 2.24) is 9.80 Å². The molecule has 2 heterocycles. The quantitative estimate of drug-likeness (QED) is 0.311. The van der Waals surface area contributed by atoms with Gasteiger partial charge < -0.3 is 24.1 Å². The third kappa shape index (κ3) is 6.58. The smallest absolute Gasteiger partial charge is 0.290 e. The molecule has 1 aliphatic rings. The van der Waals surface area contributed by atoms with Crippen molar-refractivity contribution in [1.29, 1.82) is 0 Å². The van der Waals surface area contributed by atoms with Gasteiger partial charge in [0.05, 0.1) is 18.2 Å². The molecule has 0 spiro atoms. The van der Waals surface area contributed by atoms with Gasteiger partial charge in [-0.3, -0.25) is 9.59 Å². The van der Waals surface area contributed by atoms with Gasteiger partial charge in [0.1, 0.15) is 11.5 Å². The van der Waals surface area contributed by atoms with E-state index in [4.69, 9.17) is 9.15 Å². The minimum Gasteiger partial charge on any atom is -0.503 e. The number of benzene rings is 1. The Morgan fingerprint density at radius 1 is 1.00 bits per heavy atom. The van der Waals surface area contributed by atoms with Crippen LogP contribution in [0, 0.1) is 6.92 Å². The fraction of sp³-hybridized carbons (Fsp3) is 0.517. The molecule has 0 saturated heterocycles. The number of aryl methyl sites for hydroxylation is 1. The number of amides is 1. The fourth-order valence-electron chi connectivity index (χ4n) is 4.63. The number of Topliss-reactive ketones (excluding diaryl/α,β-unsaturated/α-hetero) is 1. The second kappa shape index (κ2) is 13.3. The summed E-state index contributed by atoms with van der Waals surface area (Å²) in [7, 11) is 0. The maximum Gasteiger partial charge on any atom is 0.290 e. The molecule has 3 rings (SSSR count). The molecule has 1 aromatic carbocycles. The van der Waals surface area contributed by atoms with Gasteiger partial charge >= 0.3 is 0 Å². The Labute approximate surface area is 214 Å². The zero-order chi connectivity index (χ0) is 26.1. The Balaban J connectivity index is 1.85. The molecule has 1 amide bonds. The summed E-state index contributed by atoms with van der Waals surface area (Å²) in [5, 5.41) is 10.9. The van der Waals surface area contributed by atoms with Crippen LogP contribution in [0.25, 0.3) is 0 Å². The summed E-state index contributed by atoms with van der Waals surface area (Å²) in [6, 6.07) is 9.95. The van der Waals surface area contributed by atoms with Crippen molar-refractivity contribution in [3.63, 3.8) is 0 Å². The standard InChI is InChI=1S/C29H40N2O5/c1-5-8-17-30(18-9-6-2)19-10-20-31-26(22-12-14-23(15-13-22)35-7-3)25(28(33)29(31)34)27(32)24-16-11-21(4)36-24/h11-16,26,33H,5-10,17-20H2,1-4H3/t26-/m1/s1. The van der Waals surface area contributed by atoms with Gasteiger partial charge in [-0.05, 0) is 82.6 Å². The van der Waals surface area contributed by atoms with Gasteiger partial charge in [-0.25, -0.2) is 0 Å². The van der Waals surface area contributed by atoms with Crippen LogP contribution >= 0.6 is 0 Å². The molecule has 0 bridgehead atoms. The molecule has 0 unspecified atom stereocenters. The Kier molecular flexibility index (Phi) is 10.2. The molecule has 0 fully saturated rings. The van der Waals surface area contributed by atoms with E-state index in [0.29, 0.717) is 24.7 Å². The summed E-state index contributed by atoms with van der Waals surface area (Å²) in [6.07, 6.45) is 5.32. The molecule has 0 saturated carbocycles. The Hall–Kier alpha value is -3.06. The number of aliphatic hydroxyl groups excluding tert-OH is 1. The van der Waals surface area contributed by atoms with Crippen molar-refractivity contribution in [3.05, 3.63) is 64.8 Å². The van der Waals surface area contributed by atoms with Crippen molar-refractivity contribution < 1.29 is 23.8 Å². The topological polar surface area (TPSA) is 83.2 Å². The number of rotatable bonds is 15. The van der Waals surface area contributed by atoms with Crippen molar-refractivity contribution in [2.75, 3.05) is 32.8 Å². The number of carbonyl (C=O) groups excluding carboxylic acids is 2. The summed E-state index contributed by atoms with van der Waals surface area (Å²) in [4.78, 5) is 30.7. The number of nitrogens with zero attached hydrogens (tertiary/aromatic N) is 2. The van der Waals surface area contributed by atoms with E-state index in [2.05, 4.69) is 18.7 Å². The average molecular weight is 497 g/mol. The first-order valence-corrected chi connectivity index (χ1v) is 13.2. The van der Waals surface area contributed by atoms with Crippen molar-refractivity contribution in [2.24, 2.45) is 0 Å². The highest BCUT2D eigenvalue weighted by Gasteiger charge is 2.44. The molecule has 36 heavy (non-hydrogen) atoms. The van der Waals surface area contributed by atoms with E-state index in [1.165, 1.54) is 0 Å². The zero-order valence-electron chi connectivity index (χ0n) is 22.1. The highest BCUT2D eigenvalue weighted by atomic mass is 16.5. The van der Waals surface area contributed by atoms with E-state index in [1.54, 1.807) is 24.0 Å². The Morgan fingerprint density at radius 3 is 2.19 bits per heavy atom. The molecule has 7 nitrogen and oxygen atoms in total. The van der Waals surface area contributed by atoms with Crippen LogP contribution in [0.4, 0.5) is 0 Å². The first-order valence-electron chi connectivity index (χ1n) is 13.2. The number of unbranched alkanes of at least 4 members (excludes halogenated alkanes) is 2. The number of furan rings is 1. The molecule has 1 N–H and O–H groups in total. The average Bonchev–Trinajstić information content (AvgIpc) is 3.42. The Morgan fingerprint density at radius 2 is 1.64 bits per heavy atom. The molecule has 196 valence electrons. The monoisotopic (exact) mass is 496 g/mol. The van der Waals surface area contributed by atoms with Gasteiger partial charge in [-0.2, -0.15) is 0 Å². The minimum absolute atomic E-state index is 0.0623. The molecule has 0 radical (unpaired) electrons. The van der Waals surface area contributed by atoms with Gasteiger partial charge in [-0.1, -0.05) is 38.8 Å². The molecule has 1 aromatic heterocycles. The predicted octanol–water partition coefficient (Wildman–Crippen LogP) is 5.86. The fourth-order valence-corrected chi connectivity index (χ4v) is 4.63. The van der Waals surface area contributed by atoms with Crippen LogP contribution in [0.15, 0.2) is 52.1 Å². The van der Waals surface area contributed by atoms with Gasteiger partial charge in [0.2, 0.25) is 5.78 Å². The normalized spacial score (nSPS) is 15.9. The van der Waals surface area contributed by atoms with Crippen LogP contribution in [-0.4, -0.2) is 59.4 Å². The lowest BCUT2D eigenvalue weighted by Crippen LogP contribution is -2.35. The van der Waals surface area contributed by atoms with Crippen molar-refractivity contribution in [3.8, 4) is 5.75 Å². The minimum atomic E-state index is -0.689. The van der Waals surface area contributed by atoms with E-state index < -0.39 is 23.5 Å². The maximum atomic E-state index is 13.4. The third-order valence-corrected chi connectivity index (χ3v) is 6.55. The van der Waals surface area contributed by atoms with E-state index >= 15 is 0 Å². The molecule has 7 heteroatoms. The lowest BCUT2D eigenvalue weighted by atomic mass is 9.95. The van der Waals surface area contributed by atoms with Crippen LogP contribution in [0.1, 0.15) is 80.8 Å². The van der Waals surface area contributed by atoms with E-state index in [9.17, 15) is 14.7 Å². The van der Waals surface area contributed by atoms with E-state index in [-0.39, 0.29) is 11.3 Å². The predicted molar refractivity (Wildman–Crippen MR) is 140 cm³/mol. The molecule has 0 aliphatic carbocycles. The van der Waals surface area contributed by atoms with Crippen LogP contribution < -0.4 is 4.74 Å². The number of carbonyl (C=O) groups is 2.